The molecule has 13 heteroatoms. The zero-order valence-corrected chi connectivity index (χ0v) is 26.6. The lowest BCUT2D eigenvalue weighted by Gasteiger charge is -2.31. The van der Waals surface area contributed by atoms with Gasteiger partial charge in [0.15, 0.2) is 11.5 Å². The summed E-state index contributed by atoms with van der Waals surface area (Å²) in [4.78, 5) is 32.5. The summed E-state index contributed by atoms with van der Waals surface area (Å²) in [5, 5.41) is 8.66. The highest BCUT2D eigenvalue weighted by molar-refractivity contribution is 5.95. The number of ether oxygens (including phenoxy) is 1. The second-order valence-corrected chi connectivity index (χ2v) is 12.4. The van der Waals surface area contributed by atoms with E-state index in [2.05, 4.69) is 30.9 Å². The number of amides is 1. The SMILES string of the molecule is CO[C@H]1CN(C)C(=O)[C@@H]2C[C@@H](CN2c2ccnc3c2cnn3-c2ccc(F)cc2F)Nc2cccc(n2)-c2cccc3nc(C)n(c23)C1. The summed E-state index contributed by atoms with van der Waals surface area (Å²) in [5.41, 5.74) is 4.83. The van der Waals surface area contributed by atoms with Gasteiger partial charge in [-0.3, -0.25) is 4.79 Å². The van der Waals surface area contributed by atoms with Gasteiger partial charge in [0.25, 0.3) is 0 Å². The molecule has 0 aliphatic carbocycles. The summed E-state index contributed by atoms with van der Waals surface area (Å²) < 4.78 is 38.0. The average molecular weight is 650 g/mol. The molecule has 0 saturated carbocycles. The molecule has 1 saturated heterocycles. The lowest BCUT2D eigenvalue weighted by atomic mass is 10.1. The Labute approximate surface area is 274 Å². The number of methoxy groups -OCH3 is 1. The van der Waals surface area contributed by atoms with Crippen molar-refractivity contribution in [2.45, 2.75) is 38.1 Å². The number of carbonyl (C=O) groups excluding carboxylic acids is 1. The fraction of sp³-hybridized carbons (Fsp3) is 0.286. The van der Waals surface area contributed by atoms with Crippen molar-refractivity contribution in [2.75, 3.05) is 37.5 Å². The van der Waals surface area contributed by atoms with Gasteiger partial charge in [-0.25, -0.2) is 28.4 Å². The fourth-order valence-electron chi connectivity index (χ4n) is 7.10. The number of pyridine rings is 2. The van der Waals surface area contributed by atoms with Crippen molar-refractivity contribution in [3.63, 3.8) is 0 Å². The lowest BCUT2D eigenvalue weighted by molar-refractivity contribution is -0.132. The van der Waals surface area contributed by atoms with Gasteiger partial charge >= 0.3 is 0 Å². The van der Waals surface area contributed by atoms with E-state index < -0.39 is 17.7 Å². The zero-order valence-electron chi connectivity index (χ0n) is 26.6. The molecular formula is C35H33F2N9O2. The number of benzene rings is 2. The van der Waals surface area contributed by atoms with E-state index in [1.54, 1.807) is 31.5 Å². The van der Waals surface area contributed by atoms with Gasteiger partial charge in [-0.15, -0.1) is 0 Å². The number of hydrogen-bond donors (Lipinski definition) is 1. The van der Waals surface area contributed by atoms with Gasteiger partial charge in [-0.2, -0.15) is 5.10 Å². The number of hydrogen-bond acceptors (Lipinski definition) is 8. The van der Waals surface area contributed by atoms with Crippen molar-refractivity contribution in [1.29, 1.82) is 0 Å². The molecule has 2 aliphatic rings. The molecule has 8 rings (SSSR count). The van der Waals surface area contributed by atoms with E-state index in [1.807, 2.05) is 43.3 Å². The van der Waals surface area contributed by atoms with Gasteiger partial charge in [0.1, 0.15) is 29.2 Å². The summed E-state index contributed by atoms with van der Waals surface area (Å²) >= 11 is 0. The topological polar surface area (TPSA) is 106 Å². The number of fused-ring (bicyclic) bond motifs is 6. The van der Waals surface area contributed by atoms with Gasteiger partial charge < -0.3 is 24.4 Å². The quantitative estimate of drug-likeness (QED) is 0.287. The number of anilines is 2. The van der Waals surface area contributed by atoms with Crippen LogP contribution in [0, 0.1) is 18.6 Å². The number of nitrogens with zero attached hydrogens (tertiary/aromatic N) is 8. The van der Waals surface area contributed by atoms with Crippen LogP contribution in [0.2, 0.25) is 0 Å². The number of likely N-dealkylation sites (N-methyl/N-ethyl adjacent to an activating group) is 1. The molecule has 48 heavy (non-hydrogen) atoms. The van der Waals surface area contributed by atoms with E-state index in [1.165, 1.54) is 16.8 Å². The molecule has 11 nitrogen and oxygen atoms in total. The Morgan fingerprint density at radius 1 is 0.979 bits per heavy atom. The Kier molecular flexibility index (Phi) is 7.28. The number of para-hydroxylation sites is 1. The fourth-order valence-corrected chi connectivity index (χ4v) is 7.10. The standard InChI is InChI=1S/C35H33F2N9O2/c1-20-40-28-8-4-6-24-27-7-5-9-32(42-27)41-22-15-31(35(47)43(2)18-23(48-3)19-44(20)33(24)28)45(17-22)29-12-13-38-34-25(29)16-39-46(34)30-11-10-21(36)14-26(30)37/h4-14,16,22-23,31H,15,17-19H2,1-3H3,(H,41,42)/t22-,23-,31-/m0/s1. The normalized spacial score (nSPS) is 19.9. The molecule has 244 valence electrons. The van der Waals surface area contributed by atoms with Gasteiger partial charge in [0.05, 0.1) is 46.6 Å². The van der Waals surface area contributed by atoms with E-state index >= 15 is 0 Å². The minimum Gasteiger partial charge on any atom is -0.378 e. The molecule has 1 amide bonds. The Bertz CT molecular complexity index is 2200. The number of carbonyl (C=O) groups is 1. The second kappa shape index (κ2) is 11.7. The van der Waals surface area contributed by atoms with Crippen molar-refractivity contribution < 1.29 is 18.3 Å². The number of aryl methyl sites for hydroxylation is 1. The van der Waals surface area contributed by atoms with Gasteiger partial charge in [-0.1, -0.05) is 18.2 Å². The minimum atomic E-state index is -0.753. The van der Waals surface area contributed by atoms with Gasteiger partial charge in [0, 0.05) is 51.1 Å². The maximum Gasteiger partial charge on any atom is 0.245 e. The maximum atomic E-state index is 14.8. The third-order valence-electron chi connectivity index (χ3n) is 9.39. The lowest BCUT2D eigenvalue weighted by Crippen LogP contribution is -2.47. The molecule has 3 atom stereocenters. The van der Waals surface area contributed by atoms with Crippen molar-refractivity contribution in [2.24, 2.45) is 0 Å². The minimum absolute atomic E-state index is 0.0623. The molecular weight excluding hydrogens is 616 g/mol. The first kappa shape index (κ1) is 29.9. The summed E-state index contributed by atoms with van der Waals surface area (Å²) in [7, 11) is 3.46. The van der Waals surface area contributed by atoms with Crippen LogP contribution in [0.4, 0.5) is 20.3 Å². The number of aromatic nitrogens is 6. The average Bonchev–Trinajstić information content (AvgIpc) is 3.79. The van der Waals surface area contributed by atoms with Gasteiger partial charge in [0.2, 0.25) is 5.91 Å². The van der Waals surface area contributed by atoms with Crippen LogP contribution < -0.4 is 10.2 Å². The molecule has 1 fully saturated rings. The number of imidazole rings is 1. The van der Waals surface area contributed by atoms with Crippen LogP contribution >= 0.6 is 0 Å². The maximum absolute atomic E-state index is 14.8. The first-order valence-electron chi connectivity index (χ1n) is 15.8. The second-order valence-electron chi connectivity index (χ2n) is 12.4. The first-order valence-corrected chi connectivity index (χ1v) is 15.8. The monoisotopic (exact) mass is 649 g/mol. The van der Waals surface area contributed by atoms with Crippen LogP contribution in [0.1, 0.15) is 12.2 Å². The molecule has 1 N–H and O–H groups in total. The molecule has 0 spiro atoms. The number of rotatable bonds is 3. The highest BCUT2D eigenvalue weighted by Gasteiger charge is 2.40. The van der Waals surface area contributed by atoms with Crippen LogP contribution in [0.5, 0.6) is 0 Å². The smallest absolute Gasteiger partial charge is 0.245 e. The van der Waals surface area contributed by atoms with Crippen molar-refractivity contribution in [1.82, 2.24) is 34.2 Å². The predicted molar refractivity (Wildman–Crippen MR) is 178 cm³/mol. The van der Waals surface area contributed by atoms with E-state index in [0.717, 1.165) is 39.9 Å². The molecule has 0 unspecified atom stereocenters. The Morgan fingerprint density at radius 2 is 1.83 bits per heavy atom. The summed E-state index contributed by atoms with van der Waals surface area (Å²) in [6, 6.07) is 16.5. The van der Waals surface area contributed by atoms with Crippen molar-refractivity contribution >= 4 is 39.5 Å². The summed E-state index contributed by atoms with van der Waals surface area (Å²) in [6.45, 7) is 3.32. The molecule has 0 radical (unpaired) electrons. The summed E-state index contributed by atoms with van der Waals surface area (Å²) in [5.74, 6) is 0.0506. The Balaban J connectivity index is 1.22. The first-order chi connectivity index (χ1) is 23.3. The van der Waals surface area contributed by atoms with E-state index in [4.69, 9.17) is 14.7 Å². The van der Waals surface area contributed by atoms with E-state index in [9.17, 15) is 13.6 Å². The van der Waals surface area contributed by atoms with Crippen molar-refractivity contribution in [3.05, 3.63) is 90.5 Å². The summed E-state index contributed by atoms with van der Waals surface area (Å²) in [6.07, 6.45) is 3.42. The Morgan fingerprint density at radius 3 is 2.67 bits per heavy atom. The van der Waals surface area contributed by atoms with E-state index in [-0.39, 0.29) is 23.7 Å². The zero-order chi connectivity index (χ0) is 33.1. The van der Waals surface area contributed by atoms with E-state index in [0.29, 0.717) is 42.9 Å². The molecule has 6 aromatic rings. The van der Waals surface area contributed by atoms with Crippen LogP contribution in [0.15, 0.2) is 73.1 Å². The molecule has 4 bridgehead atoms. The predicted octanol–water partition coefficient (Wildman–Crippen LogP) is 4.97. The third-order valence-corrected chi connectivity index (χ3v) is 9.39. The van der Waals surface area contributed by atoms with Crippen LogP contribution in [0.3, 0.4) is 0 Å². The highest BCUT2D eigenvalue weighted by atomic mass is 19.1. The molecule has 4 aromatic heterocycles. The third kappa shape index (κ3) is 5.01. The van der Waals surface area contributed by atoms with Crippen LogP contribution in [-0.2, 0) is 16.1 Å². The van der Waals surface area contributed by atoms with Crippen LogP contribution in [0.25, 0.3) is 39.0 Å². The molecule has 2 aromatic carbocycles. The van der Waals surface area contributed by atoms with Gasteiger partial charge in [-0.05, 0) is 49.7 Å². The number of nitrogens with one attached hydrogen (secondary N) is 1. The van der Waals surface area contributed by atoms with Crippen molar-refractivity contribution in [3.8, 4) is 16.9 Å². The van der Waals surface area contributed by atoms with Crippen LogP contribution in [-0.4, -0.2) is 85.5 Å². The highest BCUT2D eigenvalue weighted by Crippen LogP contribution is 2.35. The largest absolute Gasteiger partial charge is 0.378 e. The Hall–Kier alpha value is -5.43. The number of halogens is 2. The molecule has 6 heterocycles. The molecule has 2 aliphatic heterocycles.